The van der Waals surface area contributed by atoms with E-state index < -0.39 is 11.6 Å². The zero-order valence-electron chi connectivity index (χ0n) is 7.34. The van der Waals surface area contributed by atoms with Crippen LogP contribution in [0.1, 0.15) is 19.4 Å². The third-order valence-corrected chi connectivity index (χ3v) is 3.90. The van der Waals surface area contributed by atoms with E-state index in [1.54, 1.807) is 6.07 Å². The molecule has 0 nitrogen and oxygen atoms in total. The molecule has 0 N–H and O–H groups in total. The summed E-state index contributed by atoms with van der Waals surface area (Å²) in [4.78, 5) is 0. The number of hydrogen-bond acceptors (Lipinski definition) is 2. The largest absolute Gasteiger partial charge is 0.204 e. The molecule has 0 bridgehead atoms. The topological polar surface area (TPSA) is 0 Å². The molecule has 1 aromatic carbocycles. The Hall–Kier alpha value is -0.220. The molecule has 0 unspecified atom stereocenters. The van der Waals surface area contributed by atoms with Crippen molar-refractivity contribution in [1.82, 2.24) is 0 Å². The van der Waals surface area contributed by atoms with Crippen LogP contribution >= 0.6 is 22.5 Å². The van der Waals surface area contributed by atoms with Crippen LogP contribution in [0, 0.1) is 11.6 Å². The molecule has 0 amide bonds. The molecule has 0 atom stereocenters. The van der Waals surface area contributed by atoms with Crippen LogP contribution in [0.3, 0.4) is 0 Å². The molecule has 0 spiro atoms. The van der Waals surface area contributed by atoms with E-state index in [2.05, 4.69) is 11.7 Å². The molecular weight excluding hydrogens is 210 g/mol. The van der Waals surface area contributed by atoms with Gasteiger partial charge in [-0.2, -0.15) is 0 Å². The highest BCUT2D eigenvalue weighted by Gasteiger charge is 2.20. The van der Waals surface area contributed by atoms with Gasteiger partial charge >= 0.3 is 0 Å². The van der Waals surface area contributed by atoms with Crippen LogP contribution in [0.4, 0.5) is 8.78 Å². The van der Waals surface area contributed by atoms with E-state index in [1.165, 1.54) is 16.9 Å². The highest BCUT2D eigenvalue weighted by atomic mass is 33.1. The minimum Gasteiger partial charge on any atom is -0.204 e. The minimum atomic E-state index is -0.816. The van der Waals surface area contributed by atoms with E-state index in [1.807, 2.05) is 13.8 Å². The summed E-state index contributed by atoms with van der Waals surface area (Å²) in [6, 6.07) is 3.91. The van der Waals surface area contributed by atoms with E-state index in [-0.39, 0.29) is 4.75 Å². The summed E-state index contributed by atoms with van der Waals surface area (Å²) in [6.45, 7) is 3.80. The van der Waals surface area contributed by atoms with E-state index >= 15 is 0 Å². The molecule has 0 aromatic heterocycles. The van der Waals surface area contributed by atoms with Crippen LogP contribution in [-0.4, -0.2) is 0 Å². The molecule has 0 aliphatic heterocycles. The van der Waals surface area contributed by atoms with Crippen LogP contribution in [0.2, 0.25) is 0 Å². The first-order valence-electron chi connectivity index (χ1n) is 3.75. The normalized spacial score (nSPS) is 11.8. The van der Waals surface area contributed by atoms with Crippen molar-refractivity contribution in [2.75, 3.05) is 0 Å². The Morgan fingerprint density at radius 2 is 1.85 bits per heavy atom. The van der Waals surface area contributed by atoms with Gasteiger partial charge in [-0.3, -0.25) is 0 Å². The molecule has 0 fully saturated rings. The molecule has 1 aromatic rings. The van der Waals surface area contributed by atoms with Crippen molar-refractivity contribution in [3.63, 3.8) is 0 Å². The van der Waals surface area contributed by atoms with Crippen molar-refractivity contribution in [2.45, 2.75) is 18.6 Å². The quantitative estimate of drug-likeness (QED) is 0.584. The highest BCUT2D eigenvalue weighted by molar-refractivity contribution is 8.68. The lowest BCUT2D eigenvalue weighted by Gasteiger charge is -2.21. The second-order valence-corrected chi connectivity index (χ2v) is 4.98. The Kier molecular flexibility index (Phi) is 3.24. The Labute approximate surface area is 85.5 Å². The van der Waals surface area contributed by atoms with Gasteiger partial charge in [-0.05, 0) is 31.5 Å². The van der Waals surface area contributed by atoms with Gasteiger partial charge in [0.15, 0.2) is 11.6 Å². The predicted molar refractivity (Wildman–Crippen MR) is 56.0 cm³/mol. The first-order chi connectivity index (χ1) is 5.97. The monoisotopic (exact) mass is 220 g/mol. The van der Waals surface area contributed by atoms with Crippen LogP contribution in [0.15, 0.2) is 18.2 Å². The first kappa shape index (κ1) is 10.9. The third-order valence-electron chi connectivity index (χ3n) is 1.84. The van der Waals surface area contributed by atoms with Gasteiger partial charge in [0.1, 0.15) is 0 Å². The molecule has 4 heteroatoms. The molecule has 0 saturated carbocycles. The fourth-order valence-electron chi connectivity index (χ4n) is 0.923. The second-order valence-electron chi connectivity index (χ2n) is 3.23. The summed E-state index contributed by atoms with van der Waals surface area (Å²) >= 11 is 4.07. The average molecular weight is 220 g/mol. The standard InChI is InChI=1S/C9H10F2S2/c1-9(2,13-12)6-3-4-7(10)8(11)5-6/h3-5,12H,1-2H3. The van der Waals surface area contributed by atoms with E-state index in [4.69, 9.17) is 0 Å². The zero-order valence-corrected chi connectivity index (χ0v) is 9.05. The second kappa shape index (κ2) is 3.88. The zero-order chi connectivity index (χ0) is 10.1. The fourth-order valence-corrected chi connectivity index (χ4v) is 1.47. The SMILES string of the molecule is CC(C)(SS)c1ccc(F)c(F)c1. The van der Waals surface area contributed by atoms with Crippen molar-refractivity contribution in [2.24, 2.45) is 0 Å². The van der Waals surface area contributed by atoms with Gasteiger partial charge in [-0.1, -0.05) is 16.9 Å². The maximum Gasteiger partial charge on any atom is 0.159 e. The van der Waals surface area contributed by atoms with Crippen molar-refractivity contribution in [3.05, 3.63) is 35.4 Å². The Morgan fingerprint density at radius 1 is 1.23 bits per heavy atom. The van der Waals surface area contributed by atoms with Crippen LogP contribution in [0.25, 0.3) is 0 Å². The fraction of sp³-hybridized carbons (Fsp3) is 0.333. The van der Waals surface area contributed by atoms with Gasteiger partial charge in [0.2, 0.25) is 0 Å². The van der Waals surface area contributed by atoms with Crippen molar-refractivity contribution >= 4 is 22.5 Å². The number of rotatable bonds is 2. The molecule has 0 radical (unpaired) electrons. The molecule has 0 heterocycles. The van der Waals surface area contributed by atoms with Gasteiger partial charge in [-0.25, -0.2) is 8.78 Å². The number of thiol groups is 1. The summed E-state index contributed by atoms with van der Waals surface area (Å²) in [6.07, 6.45) is 0. The molecule has 0 aliphatic rings. The summed E-state index contributed by atoms with van der Waals surface area (Å²) < 4.78 is 25.1. The molecule has 13 heavy (non-hydrogen) atoms. The molecular formula is C9H10F2S2. The van der Waals surface area contributed by atoms with Gasteiger partial charge in [0.05, 0.1) is 0 Å². The Bertz CT molecular complexity index is 310. The van der Waals surface area contributed by atoms with Crippen molar-refractivity contribution in [1.29, 1.82) is 0 Å². The van der Waals surface area contributed by atoms with Crippen molar-refractivity contribution in [3.8, 4) is 0 Å². The van der Waals surface area contributed by atoms with Crippen LogP contribution < -0.4 is 0 Å². The lowest BCUT2D eigenvalue weighted by Crippen LogP contribution is -2.10. The van der Waals surface area contributed by atoms with Crippen LogP contribution in [-0.2, 0) is 4.75 Å². The summed E-state index contributed by atoms with van der Waals surface area (Å²) in [5.74, 6) is -1.63. The summed E-state index contributed by atoms with van der Waals surface area (Å²) in [5, 5.41) is 0. The smallest absolute Gasteiger partial charge is 0.159 e. The molecule has 72 valence electrons. The molecule has 0 saturated heterocycles. The predicted octanol–water partition coefficient (Wildman–Crippen LogP) is 3.78. The maximum absolute atomic E-state index is 12.8. The van der Waals surface area contributed by atoms with E-state index in [0.717, 1.165) is 11.6 Å². The van der Waals surface area contributed by atoms with Gasteiger partial charge in [0.25, 0.3) is 0 Å². The Morgan fingerprint density at radius 3 is 2.31 bits per heavy atom. The molecule has 1 rings (SSSR count). The third kappa shape index (κ3) is 2.38. The molecule has 0 aliphatic carbocycles. The number of benzene rings is 1. The van der Waals surface area contributed by atoms with Gasteiger partial charge in [0, 0.05) is 4.75 Å². The number of hydrogen-bond donors (Lipinski definition) is 1. The lowest BCUT2D eigenvalue weighted by atomic mass is 10.0. The van der Waals surface area contributed by atoms with Crippen LogP contribution in [0.5, 0.6) is 0 Å². The Balaban J connectivity index is 3.10. The lowest BCUT2D eigenvalue weighted by molar-refractivity contribution is 0.505. The summed E-state index contributed by atoms with van der Waals surface area (Å²) in [5.41, 5.74) is 0.728. The highest BCUT2D eigenvalue weighted by Crippen LogP contribution is 2.38. The minimum absolute atomic E-state index is 0.308. The maximum atomic E-state index is 12.8. The van der Waals surface area contributed by atoms with Gasteiger partial charge < -0.3 is 0 Å². The average Bonchev–Trinajstić information content (AvgIpc) is 2.09. The van der Waals surface area contributed by atoms with Crippen molar-refractivity contribution < 1.29 is 8.78 Å². The van der Waals surface area contributed by atoms with E-state index in [0.29, 0.717) is 0 Å². The number of halogens is 2. The van der Waals surface area contributed by atoms with Gasteiger partial charge in [-0.15, -0.1) is 11.7 Å². The van der Waals surface area contributed by atoms with E-state index in [9.17, 15) is 8.78 Å². The first-order valence-corrected chi connectivity index (χ1v) is 5.62. The summed E-state index contributed by atoms with van der Waals surface area (Å²) in [7, 11) is 1.30.